The van der Waals surface area contributed by atoms with Gasteiger partial charge in [0, 0.05) is 35.3 Å². The van der Waals surface area contributed by atoms with Gasteiger partial charge in [-0.1, -0.05) is 47.1 Å². The number of carbonyl (C=O) groups is 1. The lowest BCUT2D eigenvalue weighted by molar-refractivity contribution is 0.0614. The number of carbonyl (C=O) groups excluding carboxylic acids is 1. The largest absolute Gasteiger partial charge is 0.338 e. The third-order valence-corrected chi connectivity index (χ3v) is 5.84. The van der Waals surface area contributed by atoms with E-state index in [0.717, 1.165) is 27.8 Å². The summed E-state index contributed by atoms with van der Waals surface area (Å²) in [6, 6.07) is 15.8. The minimum absolute atomic E-state index is 0.101. The van der Waals surface area contributed by atoms with Crippen molar-refractivity contribution in [3.8, 4) is 11.4 Å². The standard InChI is InChI=1S/C21H21IN4O2/c1-15-6-8-16(9-7-15)20-23-19(28-24-20)14-25-10-12-26(13-11-25)21(27)17-4-2-3-5-18(17)22/h2-9H,10-14H2,1H3. The highest BCUT2D eigenvalue weighted by Gasteiger charge is 2.24. The highest BCUT2D eigenvalue weighted by atomic mass is 127. The van der Waals surface area contributed by atoms with E-state index in [4.69, 9.17) is 4.52 Å². The van der Waals surface area contributed by atoms with E-state index in [1.165, 1.54) is 5.56 Å². The molecule has 2 aromatic carbocycles. The van der Waals surface area contributed by atoms with Crippen molar-refractivity contribution in [2.24, 2.45) is 0 Å². The molecule has 0 aliphatic carbocycles. The minimum atomic E-state index is 0.101. The maximum Gasteiger partial charge on any atom is 0.255 e. The summed E-state index contributed by atoms with van der Waals surface area (Å²) < 4.78 is 6.42. The first-order valence-electron chi connectivity index (χ1n) is 9.26. The van der Waals surface area contributed by atoms with Crippen LogP contribution < -0.4 is 0 Å². The van der Waals surface area contributed by atoms with E-state index in [-0.39, 0.29) is 5.91 Å². The van der Waals surface area contributed by atoms with Crippen LogP contribution in [0.1, 0.15) is 21.8 Å². The Morgan fingerprint density at radius 3 is 2.50 bits per heavy atom. The smallest absolute Gasteiger partial charge is 0.255 e. The van der Waals surface area contributed by atoms with Gasteiger partial charge in [-0.2, -0.15) is 4.98 Å². The zero-order chi connectivity index (χ0) is 19.5. The van der Waals surface area contributed by atoms with Crippen molar-refractivity contribution < 1.29 is 9.32 Å². The maximum atomic E-state index is 12.7. The number of rotatable bonds is 4. The van der Waals surface area contributed by atoms with Crippen molar-refractivity contribution >= 4 is 28.5 Å². The molecule has 1 fully saturated rings. The molecular formula is C21H21IN4O2. The number of hydrogen-bond donors (Lipinski definition) is 0. The topological polar surface area (TPSA) is 62.5 Å². The molecule has 0 saturated carbocycles. The second-order valence-electron chi connectivity index (χ2n) is 6.93. The van der Waals surface area contributed by atoms with Crippen LogP contribution in [-0.2, 0) is 6.54 Å². The van der Waals surface area contributed by atoms with Gasteiger partial charge in [0.2, 0.25) is 11.7 Å². The van der Waals surface area contributed by atoms with E-state index >= 15 is 0 Å². The molecule has 144 valence electrons. The Morgan fingerprint density at radius 2 is 1.79 bits per heavy atom. The Bertz CT molecular complexity index is 963. The van der Waals surface area contributed by atoms with Gasteiger partial charge in [0.25, 0.3) is 5.91 Å². The first-order chi connectivity index (χ1) is 13.6. The predicted octanol–water partition coefficient (Wildman–Crippen LogP) is 3.61. The van der Waals surface area contributed by atoms with Crippen LogP contribution in [0.4, 0.5) is 0 Å². The van der Waals surface area contributed by atoms with Crippen molar-refractivity contribution in [2.45, 2.75) is 13.5 Å². The molecule has 2 heterocycles. The molecule has 0 atom stereocenters. The summed E-state index contributed by atoms with van der Waals surface area (Å²) in [6.07, 6.45) is 0. The molecule has 7 heteroatoms. The number of nitrogens with zero attached hydrogens (tertiary/aromatic N) is 4. The minimum Gasteiger partial charge on any atom is -0.338 e. The van der Waals surface area contributed by atoms with E-state index in [9.17, 15) is 4.79 Å². The van der Waals surface area contributed by atoms with Crippen molar-refractivity contribution in [3.63, 3.8) is 0 Å². The molecule has 1 saturated heterocycles. The molecule has 0 unspecified atom stereocenters. The number of halogens is 1. The number of amides is 1. The highest BCUT2D eigenvalue weighted by molar-refractivity contribution is 14.1. The first-order valence-corrected chi connectivity index (χ1v) is 10.3. The monoisotopic (exact) mass is 488 g/mol. The van der Waals surface area contributed by atoms with Crippen LogP contribution in [0.15, 0.2) is 53.1 Å². The molecule has 0 radical (unpaired) electrons. The van der Waals surface area contributed by atoms with E-state index in [2.05, 4.69) is 44.6 Å². The molecule has 4 rings (SSSR count). The summed E-state index contributed by atoms with van der Waals surface area (Å²) in [4.78, 5) is 21.4. The molecule has 28 heavy (non-hydrogen) atoms. The van der Waals surface area contributed by atoms with Gasteiger partial charge < -0.3 is 9.42 Å². The quantitative estimate of drug-likeness (QED) is 0.526. The van der Waals surface area contributed by atoms with Crippen molar-refractivity contribution in [2.75, 3.05) is 26.2 Å². The summed E-state index contributed by atoms with van der Waals surface area (Å²) in [5.41, 5.74) is 2.93. The third-order valence-electron chi connectivity index (χ3n) is 4.90. The van der Waals surface area contributed by atoms with Crippen LogP contribution in [0.5, 0.6) is 0 Å². The Morgan fingerprint density at radius 1 is 1.07 bits per heavy atom. The normalized spacial score (nSPS) is 15.0. The molecule has 1 amide bonds. The lowest BCUT2D eigenvalue weighted by atomic mass is 10.1. The second kappa shape index (κ2) is 8.40. The van der Waals surface area contributed by atoms with Gasteiger partial charge in [-0.05, 0) is 41.6 Å². The number of aryl methyl sites for hydroxylation is 1. The molecule has 1 aromatic heterocycles. The second-order valence-corrected chi connectivity index (χ2v) is 8.09. The molecule has 3 aromatic rings. The van der Waals surface area contributed by atoms with Crippen LogP contribution in [0.3, 0.4) is 0 Å². The Kier molecular flexibility index (Phi) is 5.72. The van der Waals surface area contributed by atoms with Crippen LogP contribution in [0.2, 0.25) is 0 Å². The Hall–Kier alpha value is -2.26. The van der Waals surface area contributed by atoms with Crippen molar-refractivity contribution in [1.82, 2.24) is 19.9 Å². The van der Waals surface area contributed by atoms with Crippen LogP contribution >= 0.6 is 22.6 Å². The summed E-state index contributed by atoms with van der Waals surface area (Å²) in [7, 11) is 0. The lowest BCUT2D eigenvalue weighted by Gasteiger charge is -2.34. The van der Waals surface area contributed by atoms with E-state index < -0.39 is 0 Å². The predicted molar refractivity (Wildman–Crippen MR) is 115 cm³/mol. The van der Waals surface area contributed by atoms with Gasteiger partial charge >= 0.3 is 0 Å². The van der Waals surface area contributed by atoms with Crippen LogP contribution in [0, 0.1) is 10.5 Å². The number of benzene rings is 2. The number of hydrogen-bond acceptors (Lipinski definition) is 5. The molecule has 1 aliphatic rings. The highest BCUT2D eigenvalue weighted by Crippen LogP contribution is 2.18. The molecular weight excluding hydrogens is 467 g/mol. The zero-order valence-corrected chi connectivity index (χ0v) is 17.8. The molecule has 1 aliphatic heterocycles. The SMILES string of the molecule is Cc1ccc(-c2noc(CN3CCN(C(=O)c4ccccc4I)CC3)n2)cc1. The van der Waals surface area contributed by atoms with E-state index in [0.29, 0.717) is 31.3 Å². The average molecular weight is 488 g/mol. The summed E-state index contributed by atoms with van der Waals surface area (Å²) in [5, 5.41) is 4.10. The van der Waals surface area contributed by atoms with Crippen molar-refractivity contribution in [3.05, 3.63) is 69.1 Å². The van der Waals surface area contributed by atoms with Crippen LogP contribution in [0.25, 0.3) is 11.4 Å². The maximum absolute atomic E-state index is 12.7. The Labute approximate surface area is 177 Å². The summed E-state index contributed by atoms with van der Waals surface area (Å²) >= 11 is 2.21. The number of aromatic nitrogens is 2. The van der Waals surface area contributed by atoms with Gasteiger partial charge in [-0.25, -0.2) is 0 Å². The first kappa shape index (κ1) is 19.1. The average Bonchev–Trinajstić information content (AvgIpc) is 3.17. The molecule has 0 N–H and O–H groups in total. The van der Waals surface area contributed by atoms with Crippen molar-refractivity contribution in [1.29, 1.82) is 0 Å². The zero-order valence-electron chi connectivity index (χ0n) is 15.6. The number of piperazine rings is 1. The summed E-state index contributed by atoms with van der Waals surface area (Å²) in [6.45, 7) is 5.62. The van der Waals surface area contributed by atoms with E-state index in [1.54, 1.807) is 0 Å². The fourth-order valence-electron chi connectivity index (χ4n) is 3.24. The van der Waals surface area contributed by atoms with Gasteiger partial charge in [0.05, 0.1) is 12.1 Å². The van der Waals surface area contributed by atoms with Gasteiger partial charge in [0.15, 0.2) is 0 Å². The lowest BCUT2D eigenvalue weighted by Crippen LogP contribution is -2.48. The van der Waals surface area contributed by atoms with Crippen LogP contribution in [-0.4, -0.2) is 52.0 Å². The van der Waals surface area contributed by atoms with Gasteiger partial charge in [-0.3, -0.25) is 9.69 Å². The fourth-order valence-corrected chi connectivity index (χ4v) is 3.86. The van der Waals surface area contributed by atoms with Gasteiger partial charge in [0.1, 0.15) is 0 Å². The molecule has 0 spiro atoms. The third kappa shape index (κ3) is 4.25. The summed E-state index contributed by atoms with van der Waals surface area (Å²) in [5.74, 6) is 1.32. The Balaban J connectivity index is 1.34. The van der Waals surface area contributed by atoms with E-state index in [1.807, 2.05) is 53.4 Å². The molecule has 6 nitrogen and oxygen atoms in total. The fraction of sp³-hybridized carbons (Fsp3) is 0.286. The molecule has 0 bridgehead atoms. The van der Waals surface area contributed by atoms with Gasteiger partial charge in [-0.15, -0.1) is 0 Å².